The first-order valence-electron chi connectivity index (χ1n) is 5.44. The van der Waals surface area contributed by atoms with Crippen LogP contribution in [0.3, 0.4) is 0 Å². The molecule has 2 aromatic rings. The highest BCUT2D eigenvalue weighted by atomic mass is 32.2. The van der Waals surface area contributed by atoms with Crippen LogP contribution in [-0.4, -0.2) is 16.5 Å². The average Bonchev–Trinajstić information content (AvgIpc) is 2.69. The summed E-state index contributed by atoms with van der Waals surface area (Å²) in [5.74, 6) is 0. The lowest BCUT2D eigenvalue weighted by atomic mass is 10.2. The molecule has 0 amide bonds. The lowest BCUT2D eigenvalue weighted by molar-refractivity contribution is 0.935. The van der Waals surface area contributed by atoms with Gasteiger partial charge in [-0.15, -0.1) is 11.3 Å². The van der Waals surface area contributed by atoms with Gasteiger partial charge in [0.25, 0.3) is 0 Å². The molecule has 2 N–H and O–H groups in total. The second-order valence-electron chi connectivity index (χ2n) is 3.86. The molecule has 0 aromatic carbocycles. The molecule has 0 unspecified atom stereocenters. The smallest absolute Gasteiger partial charge is 0.156 e. The number of hydrogen-bond donors (Lipinski definition) is 1. The molecule has 0 atom stereocenters. The third kappa shape index (κ3) is 3.28. The lowest BCUT2D eigenvalue weighted by Gasteiger charge is -2.04. The van der Waals surface area contributed by atoms with Crippen LogP contribution in [0, 0.1) is 13.8 Å². The van der Waals surface area contributed by atoms with Crippen LogP contribution in [0.1, 0.15) is 16.8 Å². The minimum absolute atomic E-state index is 0.666. The Bertz CT molecular complexity index is 508. The zero-order valence-corrected chi connectivity index (χ0v) is 11.6. The molecule has 0 aliphatic rings. The van der Waals surface area contributed by atoms with Crippen molar-refractivity contribution in [3.8, 4) is 0 Å². The lowest BCUT2D eigenvalue weighted by Crippen LogP contribution is -2.03. The van der Waals surface area contributed by atoms with E-state index in [0.717, 1.165) is 21.5 Å². The number of nitrogens with zero attached hydrogens (tertiary/aromatic N) is 2. The number of nitrogens with two attached hydrogens (primary N) is 1. The maximum absolute atomic E-state index is 5.53. The van der Waals surface area contributed by atoms with Gasteiger partial charge in [0.15, 0.2) is 4.34 Å². The van der Waals surface area contributed by atoms with Crippen LogP contribution in [0.4, 0.5) is 0 Å². The largest absolute Gasteiger partial charge is 0.330 e. The summed E-state index contributed by atoms with van der Waals surface area (Å²) in [6.45, 7) is 4.75. The van der Waals surface area contributed by atoms with Crippen molar-refractivity contribution < 1.29 is 0 Å². The van der Waals surface area contributed by atoms with Crippen LogP contribution in [-0.2, 0) is 6.42 Å². The van der Waals surface area contributed by atoms with Crippen LogP contribution >= 0.6 is 23.1 Å². The summed E-state index contributed by atoms with van der Waals surface area (Å²) >= 11 is 3.29. The Kier molecular flexibility index (Phi) is 4.15. The van der Waals surface area contributed by atoms with E-state index in [0.29, 0.717) is 6.54 Å². The third-order valence-electron chi connectivity index (χ3n) is 2.30. The van der Waals surface area contributed by atoms with E-state index in [1.807, 2.05) is 13.1 Å². The Morgan fingerprint density at radius 2 is 2.24 bits per heavy atom. The summed E-state index contributed by atoms with van der Waals surface area (Å²) in [4.78, 5) is 8.90. The van der Waals surface area contributed by atoms with Crippen LogP contribution in [0.15, 0.2) is 27.0 Å². The minimum Gasteiger partial charge on any atom is -0.330 e. The molecule has 0 aliphatic carbocycles. The number of thiazole rings is 1. The standard InChI is InChI=1S/C12H15N3S2/c1-8-5-10(3-4-13)6-14-11(8)17-12-15-9(2)7-16-12/h5-7H,3-4,13H2,1-2H3. The Hall–Kier alpha value is -0.910. The molecular weight excluding hydrogens is 250 g/mol. The molecule has 0 fully saturated rings. The Balaban J connectivity index is 2.16. The highest BCUT2D eigenvalue weighted by molar-refractivity contribution is 8.01. The van der Waals surface area contributed by atoms with Crippen LogP contribution < -0.4 is 5.73 Å². The fourth-order valence-corrected chi connectivity index (χ4v) is 3.27. The van der Waals surface area contributed by atoms with E-state index in [-0.39, 0.29) is 0 Å². The molecule has 0 spiro atoms. The molecule has 2 aromatic heterocycles. The molecule has 0 radical (unpaired) electrons. The van der Waals surface area contributed by atoms with Crippen molar-refractivity contribution in [1.82, 2.24) is 9.97 Å². The fourth-order valence-electron chi connectivity index (χ4n) is 1.49. The number of aryl methyl sites for hydroxylation is 2. The minimum atomic E-state index is 0.666. The molecule has 0 saturated carbocycles. The van der Waals surface area contributed by atoms with Gasteiger partial charge in [-0.05, 0) is 49.7 Å². The molecule has 5 heteroatoms. The van der Waals surface area contributed by atoms with Crippen LogP contribution in [0.25, 0.3) is 0 Å². The predicted octanol–water partition coefficient (Wildman–Crippen LogP) is 2.81. The van der Waals surface area contributed by atoms with Gasteiger partial charge in [-0.3, -0.25) is 0 Å². The van der Waals surface area contributed by atoms with Crippen molar-refractivity contribution in [3.63, 3.8) is 0 Å². The number of pyridine rings is 1. The summed E-state index contributed by atoms with van der Waals surface area (Å²) in [6.07, 6.45) is 2.79. The summed E-state index contributed by atoms with van der Waals surface area (Å²) in [7, 11) is 0. The summed E-state index contributed by atoms with van der Waals surface area (Å²) in [5, 5.41) is 3.08. The van der Waals surface area contributed by atoms with Crippen molar-refractivity contribution in [2.24, 2.45) is 5.73 Å². The zero-order valence-electron chi connectivity index (χ0n) is 9.93. The third-order valence-corrected chi connectivity index (χ3v) is 4.48. The van der Waals surface area contributed by atoms with E-state index in [2.05, 4.69) is 28.3 Å². The van der Waals surface area contributed by atoms with Gasteiger partial charge in [-0.25, -0.2) is 9.97 Å². The van der Waals surface area contributed by atoms with E-state index in [4.69, 9.17) is 5.73 Å². The maximum atomic E-state index is 5.53. The molecule has 0 aliphatic heterocycles. The first kappa shape index (κ1) is 12.5. The Morgan fingerprint density at radius 3 is 2.82 bits per heavy atom. The van der Waals surface area contributed by atoms with Crippen molar-refractivity contribution >= 4 is 23.1 Å². The average molecular weight is 265 g/mol. The van der Waals surface area contributed by atoms with Crippen LogP contribution in [0.5, 0.6) is 0 Å². The molecular formula is C12H15N3S2. The highest BCUT2D eigenvalue weighted by Gasteiger charge is 2.06. The van der Waals surface area contributed by atoms with E-state index >= 15 is 0 Å². The SMILES string of the molecule is Cc1csc(Sc2ncc(CCN)cc2C)n1. The van der Waals surface area contributed by atoms with E-state index < -0.39 is 0 Å². The topological polar surface area (TPSA) is 51.8 Å². The summed E-state index contributed by atoms with van der Waals surface area (Å²) < 4.78 is 1.05. The monoisotopic (exact) mass is 265 g/mol. The number of rotatable bonds is 4. The molecule has 2 rings (SSSR count). The molecule has 0 bridgehead atoms. The van der Waals surface area contributed by atoms with E-state index in [9.17, 15) is 0 Å². The second kappa shape index (κ2) is 5.62. The van der Waals surface area contributed by atoms with Crippen molar-refractivity contribution in [2.45, 2.75) is 29.6 Å². The highest BCUT2D eigenvalue weighted by Crippen LogP contribution is 2.31. The number of hydrogen-bond acceptors (Lipinski definition) is 5. The van der Waals surface area contributed by atoms with Gasteiger partial charge in [-0.2, -0.15) is 0 Å². The quantitative estimate of drug-likeness (QED) is 0.923. The fraction of sp³-hybridized carbons (Fsp3) is 0.333. The van der Waals surface area contributed by atoms with Gasteiger partial charge in [0, 0.05) is 17.3 Å². The number of aromatic nitrogens is 2. The predicted molar refractivity (Wildman–Crippen MR) is 72.7 cm³/mol. The summed E-state index contributed by atoms with van der Waals surface area (Å²) in [5.41, 5.74) is 8.99. The van der Waals surface area contributed by atoms with Crippen LogP contribution in [0.2, 0.25) is 0 Å². The molecule has 90 valence electrons. The van der Waals surface area contributed by atoms with Crippen molar-refractivity contribution in [2.75, 3.05) is 6.54 Å². The Morgan fingerprint density at radius 1 is 1.41 bits per heavy atom. The van der Waals surface area contributed by atoms with Gasteiger partial charge in [0.2, 0.25) is 0 Å². The van der Waals surface area contributed by atoms with Gasteiger partial charge >= 0.3 is 0 Å². The molecule has 17 heavy (non-hydrogen) atoms. The maximum Gasteiger partial charge on any atom is 0.156 e. The van der Waals surface area contributed by atoms with Gasteiger partial charge in [0.1, 0.15) is 5.03 Å². The van der Waals surface area contributed by atoms with E-state index in [1.165, 1.54) is 11.1 Å². The summed E-state index contributed by atoms with van der Waals surface area (Å²) in [6, 6.07) is 2.16. The van der Waals surface area contributed by atoms with Gasteiger partial charge in [-0.1, -0.05) is 6.07 Å². The van der Waals surface area contributed by atoms with Crippen molar-refractivity contribution in [3.05, 3.63) is 34.5 Å². The molecule has 0 saturated heterocycles. The van der Waals surface area contributed by atoms with Crippen molar-refractivity contribution in [1.29, 1.82) is 0 Å². The Labute approximate surface area is 109 Å². The van der Waals surface area contributed by atoms with Gasteiger partial charge < -0.3 is 5.73 Å². The van der Waals surface area contributed by atoms with Gasteiger partial charge in [0.05, 0.1) is 0 Å². The first-order chi connectivity index (χ1) is 8.19. The normalized spacial score (nSPS) is 10.8. The zero-order chi connectivity index (χ0) is 12.3. The molecule has 2 heterocycles. The second-order valence-corrected chi connectivity index (χ2v) is 5.96. The van der Waals surface area contributed by atoms with E-state index in [1.54, 1.807) is 23.1 Å². The molecule has 3 nitrogen and oxygen atoms in total. The first-order valence-corrected chi connectivity index (χ1v) is 7.14.